The lowest BCUT2D eigenvalue weighted by Crippen LogP contribution is -2.40. The highest BCUT2D eigenvalue weighted by molar-refractivity contribution is 5.98. The number of nitrogens with one attached hydrogen (secondary N) is 2. The highest BCUT2D eigenvalue weighted by Gasteiger charge is 2.29. The van der Waals surface area contributed by atoms with Gasteiger partial charge in [-0.1, -0.05) is 32.3 Å². The molecule has 2 amide bonds. The van der Waals surface area contributed by atoms with Crippen molar-refractivity contribution in [1.29, 1.82) is 0 Å². The predicted molar refractivity (Wildman–Crippen MR) is 121 cm³/mol. The minimum Gasteiger partial charge on any atom is -0.490 e. The first-order chi connectivity index (χ1) is 15.4. The third-order valence-corrected chi connectivity index (χ3v) is 6.65. The van der Waals surface area contributed by atoms with Crippen molar-refractivity contribution < 1.29 is 23.8 Å². The molecule has 2 fully saturated rings. The maximum Gasteiger partial charge on any atom is 0.229 e. The third-order valence-electron chi connectivity index (χ3n) is 6.65. The number of carbonyl (C=O) groups excluding carboxylic acids is 2. The Morgan fingerprint density at radius 3 is 2.69 bits per heavy atom. The number of hydrogen-bond acceptors (Lipinski definition) is 5. The number of benzene rings is 1. The molecule has 6 nitrogen and oxygen atoms in total. The van der Waals surface area contributed by atoms with Gasteiger partial charge >= 0.3 is 0 Å². The lowest BCUT2D eigenvalue weighted by Gasteiger charge is -2.28. The van der Waals surface area contributed by atoms with E-state index in [9.17, 15) is 19.1 Å². The van der Waals surface area contributed by atoms with Crippen LogP contribution in [0.1, 0.15) is 76.7 Å². The Morgan fingerprint density at radius 1 is 1.19 bits per heavy atom. The molecule has 1 unspecified atom stereocenters. The molecular weight excluding hydrogens is 411 g/mol. The second kappa shape index (κ2) is 11.8. The Kier molecular flexibility index (Phi) is 9.05. The molecule has 32 heavy (non-hydrogen) atoms. The molecule has 3 N–H and O–H groups in total. The standard InChI is InChI=1S/C25H37FN2O4/c1-2-25(31,20-11-12-21(26)22(15-20)32-16-18-8-9-18)17-27-14-6-4-3-5-7-19-10-13-23(29)28-24(19)30/h11-12,15,18-19,27,31H,2-10,13-14,16-17H2,1H3,(H,28,29,30)/t19?,25-/m1/s1. The van der Waals surface area contributed by atoms with Crippen molar-refractivity contribution in [1.82, 2.24) is 10.6 Å². The average molecular weight is 449 g/mol. The summed E-state index contributed by atoms with van der Waals surface area (Å²) in [5.74, 6) is 0.0547. The molecule has 2 atom stereocenters. The second-order valence-electron chi connectivity index (χ2n) is 9.31. The van der Waals surface area contributed by atoms with Gasteiger partial charge in [0.25, 0.3) is 0 Å². The van der Waals surface area contributed by atoms with Crippen LogP contribution in [0.25, 0.3) is 0 Å². The minimum absolute atomic E-state index is 0.0285. The summed E-state index contributed by atoms with van der Waals surface area (Å²) in [4.78, 5) is 22.9. The zero-order chi connectivity index (χ0) is 23.0. The smallest absolute Gasteiger partial charge is 0.229 e. The van der Waals surface area contributed by atoms with Crippen LogP contribution in [-0.4, -0.2) is 36.6 Å². The molecule has 1 aromatic carbocycles. The molecule has 0 radical (unpaired) electrons. The fraction of sp³-hybridized carbons (Fsp3) is 0.680. The van der Waals surface area contributed by atoms with E-state index < -0.39 is 11.4 Å². The van der Waals surface area contributed by atoms with Gasteiger partial charge in [0.2, 0.25) is 11.8 Å². The first-order valence-corrected chi connectivity index (χ1v) is 12.1. The van der Waals surface area contributed by atoms with E-state index in [1.165, 1.54) is 6.07 Å². The van der Waals surface area contributed by atoms with Crippen molar-refractivity contribution in [3.8, 4) is 5.75 Å². The molecule has 1 heterocycles. The Balaban J connectivity index is 1.34. The lowest BCUT2D eigenvalue weighted by atomic mass is 9.90. The summed E-state index contributed by atoms with van der Waals surface area (Å²) in [6, 6.07) is 4.65. The molecule has 1 saturated carbocycles. The molecule has 1 aromatic rings. The van der Waals surface area contributed by atoms with Crippen molar-refractivity contribution >= 4 is 11.8 Å². The molecule has 7 heteroatoms. The average Bonchev–Trinajstić information content (AvgIpc) is 3.60. The zero-order valence-corrected chi connectivity index (χ0v) is 19.1. The van der Waals surface area contributed by atoms with Crippen molar-refractivity contribution in [2.75, 3.05) is 19.7 Å². The fourth-order valence-corrected chi connectivity index (χ4v) is 4.13. The van der Waals surface area contributed by atoms with Crippen LogP contribution in [0.3, 0.4) is 0 Å². The van der Waals surface area contributed by atoms with Gasteiger partial charge in [0, 0.05) is 18.9 Å². The normalized spacial score (nSPS) is 20.7. The Bertz CT molecular complexity index is 783. The molecule has 1 aliphatic heterocycles. The fourth-order valence-electron chi connectivity index (χ4n) is 4.13. The molecule has 0 spiro atoms. The highest BCUT2D eigenvalue weighted by Crippen LogP contribution is 2.32. The van der Waals surface area contributed by atoms with Gasteiger partial charge in [-0.25, -0.2) is 4.39 Å². The number of piperidine rings is 1. The van der Waals surface area contributed by atoms with Gasteiger partial charge < -0.3 is 15.2 Å². The Hall–Kier alpha value is -1.99. The molecule has 0 aromatic heterocycles. The van der Waals surface area contributed by atoms with Gasteiger partial charge in [-0.05, 0) is 68.7 Å². The number of ether oxygens (including phenoxy) is 1. The lowest BCUT2D eigenvalue weighted by molar-refractivity contribution is -0.136. The van der Waals surface area contributed by atoms with Gasteiger partial charge in [-0.15, -0.1) is 0 Å². The molecular formula is C25H37FN2O4. The quantitative estimate of drug-likeness (QED) is 0.298. The van der Waals surface area contributed by atoms with Gasteiger partial charge in [0.05, 0.1) is 6.61 Å². The van der Waals surface area contributed by atoms with E-state index in [0.717, 1.165) is 51.5 Å². The van der Waals surface area contributed by atoms with E-state index in [1.54, 1.807) is 12.1 Å². The minimum atomic E-state index is -1.07. The maximum absolute atomic E-state index is 14.1. The first-order valence-electron chi connectivity index (χ1n) is 12.1. The number of imide groups is 1. The number of hydrogen-bond donors (Lipinski definition) is 3. The molecule has 0 bridgehead atoms. The van der Waals surface area contributed by atoms with Crippen molar-refractivity contribution in [2.45, 2.75) is 76.7 Å². The van der Waals surface area contributed by atoms with E-state index in [4.69, 9.17) is 4.74 Å². The Morgan fingerprint density at radius 2 is 1.97 bits per heavy atom. The molecule has 1 aliphatic carbocycles. The number of rotatable bonds is 14. The van der Waals surface area contributed by atoms with Gasteiger partial charge in [-0.2, -0.15) is 0 Å². The summed E-state index contributed by atoms with van der Waals surface area (Å²) in [5.41, 5.74) is -0.402. The summed E-state index contributed by atoms with van der Waals surface area (Å²) in [7, 11) is 0. The molecule has 178 valence electrons. The summed E-state index contributed by atoms with van der Waals surface area (Å²) < 4.78 is 19.7. The van der Waals surface area contributed by atoms with Crippen LogP contribution in [0.4, 0.5) is 4.39 Å². The maximum atomic E-state index is 14.1. The Labute approximate surface area is 190 Å². The van der Waals surface area contributed by atoms with Crippen molar-refractivity contribution in [2.24, 2.45) is 11.8 Å². The van der Waals surface area contributed by atoms with Gasteiger partial charge in [0.15, 0.2) is 11.6 Å². The predicted octanol–water partition coefficient (Wildman–Crippen LogP) is 3.81. The summed E-state index contributed by atoms with van der Waals surface area (Å²) in [5, 5.41) is 16.9. The van der Waals surface area contributed by atoms with Crippen LogP contribution >= 0.6 is 0 Å². The number of amides is 2. The van der Waals surface area contributed by atoms with E-state index in [2.05, 4.69) is 10.6 Å². The van der Waals surface area contributed by atoms with Crippen molar-refractivity contribution in [3.63, 3.8) is 0 Å². The number of carbonyl (C=O) groups is 2. The van der Waals surface area contributed by atoms with E-state index in [0.29, 0.717) is 43.9 Å². The van der Waals surface area contributed by atoms with Crippen LogP contribution in [0.5, 0.6) is 5.75 Å². The van der Waals surface area contributed by atoms with Gasteiger partial charge in [-0.3, -0.25) is 14.9 Å². The highest BCUT2D eigenvalue weighted by atomic mass is 19.1. The first kappa shape index (κ1) is 24.6. The van der Waals surface area contributed by atoms with E-state index >= 15 is 0 Å². The van der Waals surface area contributed by atoms with E-state index in [-0.39, 0.29) is 23.5 Å². The van der Waals surface area contributed by atoms with Crippen LogP contribution in [0.15, 0.2) is 18.2 Å². The number of halogens is 1. The third kappa shape index (κ3) is 7.27. The molecule has 3 rings (SSSR count). The monoisotopic (exact) mass is 448 g/mol. The number of aliphatic hydroxyl groups is 1. The number of unbranched alkanes of at least 4 members (excludes halogenated alkanes) is 3. The van der Waals surface area contributed by atoms with Crippen molar-refractivity contribution in [3.05, 3.63) is 29.6 Å². The second-order valence-corrected chi connectivity index (χ2v) is 9.31. The van der Waals surface area contributed by atoms with Crippen LogP contribution < -0.4 is 15.4 Å². The zero-order valence-electron chi connectivity index (χ0n) is 19.1. The van der Waals surface area contributed by atoms with E-state index in [1.807, 2.05) is 6.92 Å². The van der Waals surface area contributed by atoms with Crippen LogP contribution in [0, 0.1) is 17.7 Å². The van der Waals surface area contributed by atoms with Gasteiger partial charge in [0.1, 0.15) is 5.60 Å². The summed E-state index contributed by atoms with van der Waals surface area (Å²) >= 11 is 0. The van der Waals surface area contributed by atoms with Crippen LogP contribution in [0.2, 0.25) is 0 Å². The molecule has 2 aliphatic rings. The largest absolute Gasteiger partial charge is 0.490 e. The summed E-state index contributed by atoms with van der Waals surface area (Å²) in [6.45, 7) is 3.64. The molecule has 1 saturated heterocycles. The van der Waals surface area contributed by atoms with Crippen LogP contribution in [-0.2, 0) is 15.2 Å². The summed E-state index contributed by atoms with van der Waals surface area (Å²) in [6.07, 6.45) is 8.78. The topological polar surface area (TPSA) is 87.7 Å². The SMILES string of the molecule is CC[C@@](O)(CNCCCCCCC1CCC(=O)NC1=O)c1ccc(F)c(OCC2CC2)c1.